The summed E-state index contributed by atoms with van der Waals surface area (Å²) in [5, 5.41) is 0. The van der Waals surface area contributed by atoms with Gasteiger partial charge in [0.05, 0.1) is 7.11 Å². The van der Waals surface area contributed by atoms with Gasteiger partial charge in [-0.2, -0.15) is 0 Å². The third-order valence-corrected chi connectivity index (χ3v) is 4.20. The van der Waals surface area contributed by atoms with E-state index in [1.165, 1.54) is 12.8 Å². The van der Waals surface area contributed by atoms with Gasteiger partial charge in [-0.1, -0.05) is 28.8 Å². The molecule has 0 aliphatic heterocycles. The van der Waals surface area contributed by atoms with Crippen molar-refractivity contribution < 1.29 is 9.53 Å². The molecule has 0 heterocycles. The smallest absolute Gasteiger partial charge is 0.140 e. The summed E-state index contributed by atoms with van der Waals surface area (Å²) in [5.74, 6) is 1.46. The highest BCUT2D eigenvalue weighted by molar-refractivity contribution is 9.10. The van der Waals surface area contributed by atoms with Crippen LogP contribution in [-0.2, 0) is 11.2 Å². The highest BCUT2D eigenvalue weighted by Crippen LogP contribution is 2.29. The van der Waals surface area contributed by atoms with Crippen molar-refractivity contribution in [3.05, 3.63) is 28.2 Å². The fourth-order valence-electron chi connectivity index (χ4n) is 2.39. The molecule has 1 saturated carbocycles. The van der Waals surface area contributed by atoms with Crippen molar-refractivity contribution in [2.75, 3.05) is 7.11 Å². The summed E-state index contributed by atoms with van der Waals surface area (Å²) in [6.07, 6.45) is 5.06. The number of benzene rings is 1. The molecule has 1 aromatic carbocycles. The predicted molar refractivity (Wildman–Crippen MR) is 71.4 cm³/mol. The van der Waals surface area contributed by atoms with Crippen LogP contribution in [0.5, 0.6) is 5.75 Å². The molecule has 0 radical (unpaired) electrons. The standard InChI is InChI=1S/C14H17BrO2/c1-17-12-6-7-13(15)11(8-12)9-14(16)10-4-2-3-5-10/h6-8,10H,2-5,9H2,1H3. The van der Waals surface area contributed by atoms with E-state index in [0.717, 1.165) is 28.6 Å². The number of hydrogen-bond acceptors (Lipinski definition) is 2. The van der Waals surface area contributed by atoms with Crippen LogP contribution in [0.1, 0.15) is 31.2 Å². The molecule has 0 atom stereocenters. The van der Waals surface area contributed by atoms with Crippen LogP contribution in [0.25, 0.3) is 0 Å². The average molecular weight is 297 g/mol. The Morgan fingerprint density at radius 3 is 2.76 bits per heavy atom. The van der Waals surface area contributed by atoms with Crippen molar-refractivity contribution in [2.24, 2.45) is 5.92 Å². The van der Waals surface area contributed by atoms with Gasteiger partial charge in [0.15, 0.2) is 0 Å². The predicted octanol–water partition coefficient (Wildman–Crippen LogP) is 3.76. The average Bonchev–Trinajstić information content (AvgIpc) is 2.85. The van der Waals surface area contributed by atoms with Gasteiger partial charge < -0.3 is 4.74 Å². The quantitative estimate of drug-likeness (QED) is 0.846. The normalized spacial score (nSPS) is 16.1. The lowest BCUT2D eigenvalue weighted by atomic mass is 9.96. The van der Waals surface area contributed by atoms with Gasteiger partial charge >= 0.3 is 0 Å². The number of methoxy groups -OCH3 is 1. The Morgan fingerprint density at radius 1 is 1.41 bits per heavy atom. The fraction of sp³-hybridized carbons (Fsp3) is 0.500. The number of hydrogen-bond donors (Lipinski definition) is 0. The van der Waals surface area contributed by atoms with Crippen molar-refractivity contribution in [2.45, 2.75) is 32.1 Å². The molecule has 2 rings (SSSR count). The first-order chi connectivity index (χ1) is 8.20. The Kier molecular flexibility index (Phi) is 4.21. The zero-order valence-corrected chi connectivity index (χ0v) is 11.6. The molecule has 0 spiro atoms. The van der Waals surface area contributed by atoms with E-state index >= 15 is 0 Å². The van der Waals surface area contributed by atoms with Crippen molar-refractivity contribution in [3.63, 3.8) is 0 Å². The van der Waals surface area contributed by atoms with Crippen molar-refractivity contribution in [1.82, 2.24) is 0 Å². The lowest BCUT2D eigenvalue weighted by Crippen LogP contribution is -2.13. The molecule has 3 heteroatoms. The number of ether oxygens (including phenoxy) is 1. The minimum Gasteiger partial charge on any atom is -0.497 e. The summed E-state index contributed by atoms with van der Waals surface area (Å²) in [4.78, 5) is 12.1. The number of rotatable bonds is 4. The monoisotopic (exact) mass is 296 g/mol. The molecule has 0 saturated heterocycles. The summed E-state index contributed by atoms with van der Waals surface area (Å²) >= 11 is 3.49. The van der Waals surface area contributed by atoms with Gasteiger partial charge in [0.2, 0.25) is 0 Å². The van der Waals surface area contributed by atoms with Crippen molar-refractivity contribution in [3.8, 4) is 5.75 Å². The highest BCUT2D eigenvalue weighted by Gasteiger charge is 2.23. The molecule has 0 unspecified atom stereocenters. The molecule has 1 aliphatic carbocycles. The molecule has 1 aliphatic rings. The first kappa shape index (κ1) is 12.6. The lowest BCUT2D eigenvalue weighted by Gasteiger charge is -2.10. The molecular formula is C14H17BrO2. The van der Waals surface area contributed by atoms with E-state index < -0.39 is 0 Å². The maximum atomic E-state index is 12.1. The van der Waals surface area contributed by atoms with Crippen LogP contribution in [-0.4, -0.2) is 12.9 Å². The van der Waals surface area contributed by atoms with Crippen molar-refractivity contribution in [1.29, 1.82) is 0 Å². The van der Waals surface area contributed by atoms with Gasteiger partial charge in [-0.3, -0.25) is 4.79 Å². The maximum absolute atomic E-state index is 12.1. The van der Waals surface area contributed by atoms with E-state index in [4.69, 9.17) is 4.74 Å². The van der Waals surface area contributed by atoms with Crippen LogP contribution in [0, 0.1) is 5.92 Å². The molecule has 1 fully saturated rings. The first-order valence-corrected chi connectivity index (χ1v) is 6.85. The lowest BCUT2D eigenvalue weighted by molar-refractivity contribution is -0.122. The maximum Gasteiger partial charge on any atom is 0.140 e. The molecule has 0 N–H and O–H groups in total. The third kappa shape index (κ3) is 3.09. The SMILES string of the molecule is COc1ccc(Br)c(CC(=O)C2CCCC2)c1. The Morgan fingerprint density at radius 2 is 2.12 bits per heavy atom. The first-order valence-electron chi connectivity index (χ1n) is 6.06. The summed E-state index contributed by atoms with van der Waals surface area (Å²) in [6, 6.07) is 5.78. The second-order valence-corrected chi connectivity index (χ2v) is 5.44. The summed E-state index contributed by atoms with van der Waals surface area (Å²) in [5.41, 5.74) is 1.03. The number of ketones is 1. The van der Waals surface area contributed by atoms with E-state index in [9.17, 15) is 4.79 Å². The van der Waals surface area contributed by atoms with Crippen LogP contribution < -0.4 is 4.74 Å². The van der Waals surface area contributed by atoms with E-state index in [-0.39, 0.29) is 5.92 Å². The van der Waals surface area contributed by atoms with Gasteiger partial charge in [-0.25, -0.2) is 0 Å². The summed E-state index contributed by atoms with van der Waals surface area (Å²) in [6.45, 7) is 0. The Hall–Kier alpha value is -0.830. The third-order valence-electron chi connectivity index (χ3n) is 3.43. The summed E-state index contributed by atoms with van der Waals surface area (Å²) < 4.78 is 6.18. The molecule has 0 aromatic heterocycles. The van der Waals surface area contributed by atoms with Crippen LogP contribution >= 0.6 is 15.9 Å². The minimum absolute atomic E-state index is 0.285. The molecule has 2 nitrogen and oxygen atoms in total. The molecule has 0 bridgehead atoms. The molecule has 1 aromatic rings. The van der Waals surface area contributed by atoms with Crippen LogP contribution in [0.4, 0.5) is 0 Å². The van der Waals surface area contributed by atoms with Gasteiger partial charge in [0, 0.05) is 16.8 Å². The van der Waals surface area contributed by atoms with E-state index in [1.54, 1.807) is 7.11 Å². The van der Waals surface area contributed by atoms with Crippen LogP contribution in [0.2, 0.25) is 0 Å². The number of carbonyl (C=O) groups is 1. The van der Waals surface area contributed by atoms with Gasteiger partial charge in [-0.05, 0) is 36.6 Å². The van der Waals surface area contributed by atoms with E-state index in [2.05, 4.69) is 15.9 Å². The topological polar surface area (TPSA) is 26.3 Å². The number of carbonyl (C=O) groups excluding carboxylic acids is 1. The second-order valence-electron chi connectivity index (χ2n) is 4.58. The zero-order chi connectivity index (χ0) is 12.3. The Labute approximate surface area is 110 Å². The Bertz CT molecular complexity index is 409. The van der Waals surface area contributed by atoms with E-state index in [1.807, 2.05) is 18.2 Å². The fourth-order valence-corrected chi connectivity index (χ4v) is 2.78. The van der Waals surface area contributed by atoms with Gasteiger partial charge in [-0.15, -0.1) is 0 Å². The molecule has 92 valence electrons. The van der Waals surface area contributed by atoms with Gasteiger partial charge in [0.25, 0.3) is 0 Å². The van der Waals surface area contributed by atoms with Gasteiger partial charge in [0.1, 0.15) is 11.5 Å². The molecular weight excluding hydrogens is 280 g/mol. The van der Waals surface area contributed by atoms with Crippen LogP contribution in [0.15, 0.2) is 22.7 Å². The number of Topliss-reactive ketones (excluding diaryl/α,β-unsaturated/α-hetero) is 1. The minimum atomic E-state index is 0.285. The Balaban J connectivity index is 2.09. The van der Waals surface area contributed by atoms with E-state index in [0.29, 0.717) is 12.2 Å². The highest BCUT2D eigenvalue weighted by atomic mass is 79.9. The van der Waals surface area contributed by atoms with Crippen LogP contribution in [0.3, 0.4) is 0 Å². The summed E-state index contributed by atoms with van der Waals surface area (Å²) in [7, 11) is 1.64. The molecule has 0 amide bonds. The number of halogens is 1. The molecule has 17 heavy (non-hydrogen) atoms. The largest absolute Gasteiger partial charge is 0.497 e. The van der Waals surface area contributed by atoms with Crippen molar-refractivity contribution >= 4 is 21.7 Å². The zero-order valence-electron chi connectivity index (χ0n) is 10.0. The second kappa shape index (κ2) is 5.67.